The van der Waals surface area contributed by atoms with Crippen LogP contribution in [0.2, 0.25) is 0 Å². The van der Waals surface area contributed by atoms with Crippen molar-refractivity contribution < 1.29 is 24.2 Å². The molecule has 0 radical (unpaired) electrons. The minimum Gasteiger partial charge on any atom is -0.491 e. The van der Waals surface area contributed by atoms with Crippen LogP contribution in [0.15, 0.2) is 50.7 Å². The Morgan fingerprint density at radius 2 is 1.86 bits per heavy atom. The van der Waals surface area contributed by atoms with Gasteiger partial charge in [0.1, 0.15) is 22.4 Å². The largest absolute Gasteiger partial charge is 0.491 e. The molecule has 0 aliphatic heterocycles. The van der Waals surface area contributed by atoms with Crippen LogP contribution in [-0.4, -0.2) is 42.5 Å². The number of carboxylic acids is 1. The molecule has 0 saturated heterocycles. The molecule has 2 N–H and O–H groups in total. The number of aliphatic hydroxyl groups is 1. The number of carbonyl (C=O) groups is 1. The van der Waals surface area contributed by atoms with Gasteiger partial charge in [-0.05, 0) is 71.1 Å². The molecule has 234 valence electrons. The second-order valence-electron chi connectivity index (χ2n) is 11.3. The SMILES string of the molecule is C.Cc1c(-c2ncco2)sc2c1c(=O)n(C(C)(C)C(=O)O)c(=O)n2CCc1ccccc1OC(C)C.OC1CCCCC1. The third-order valence-corrected chi connectivity index (χ3v) is 8.74. The highest BCUT2D eigenvalue weighted by Gasteiger charge is 2.35. The third kappa shape index (κ3) is 7.27. The molecule has 1 fully saturated rings. The first-order valence-electron chi connectivity index (χ1n) is 14.3. The lowest BCUT2D eigenvalue weighted by Gasteiger charge is -2.23. The lowest BCUT2D eigenvalue weighted by molar-refractivity contribution is -0.146. The molecule has 0 bridgehead atoms. The monoisotopic (exact) mass is 613 g/mol. The van der Waals surface area contributed by atoms with Crippen molar-refractivity contribution in [2.75, 3.05) is 0 Å². The number of aliphatic carboxylic acids is 1. The van der Waals surface area contributed by atoms with Gasteiger partial charge >= 0.3 is 11.7 Å². The molecule has 5 rings (SSSR count). The Kier molecular flexibility index (Phi) is 11.1. The molecule has 0 spiro atoms. The minimum absolute atomic E-state index is 0. The molecular formula is C32H43N3O7S. The van der Waals surface area contributed by atoms with E-state index in [0.717, 1.165) is 23.0 Å². The highest BCUT2D eigenvalue weighted by Crippen LogP contribution is 2.36. The second-order valence-corrected chi connectivity index (χ2v) is 12.3. The lowest BCUT2D eigenvalue weighted by Crippen LogP contribution is -2.52. The number of oxazole rings is 1. The fraction of sp³-hybridized carbons (Fsp3) is 0.500. The molecular weight excluding hydrogens is 570 g/mol. The van der Waals surface area contributed by atoms with Crippen LogP contribution in [0.25, 0.3) is 21.0 Å². The lowest BCUT2D eigenvalue weighted by atomic mass is 9.98. The van der Waals surface area contributed by atoms with Gasteiger partial charge < -0.3 is 19.4 Å². The van der Waals surface area contributed by atoms with Gasteiger partial charge in [-0.25, -0.2) is 19.1 Å². The number of ether oxygens (including phenoxy) is 1. The van der Waals surface area contributed by atoms with Gasteiger partial charge in [-0.1, -0.05) is 44.9 Å². The first-order chi connectivity index (χ1) is 19.9. The smallest absolute Gasteiger partial charge is 0.333 e. The van der Waals surface area contributed by atoms with E-state index in [-0.39, 0.29) is 31.6 Å². The van der Waals surface area contributed by atoms with Crippen LogP contribution in [0, 0.1) is 6.92 Å². The maximum atomic E-state index is 13.6. The van der Waals surface area contributed by atoms with Gasteiger partial charge in [0.2, 0.25) is 5.89 Å². The molecule has 1 aliphatic rings. The van der Waals surface area contributed by atoms with E-state index in [4.69, 9.17) is 14.3 Å². The van der Waals surface area contributed by atoms with E-state index in [1.165, 1.54) is 61.5 Å². The molecule has 1 aliphatic carbocycles. The van der Waals surface area contributed by atoms with Crippen molar-refractivity contribution in [3.05, 3.63) is 68.7 Å². The average molecular weight is 614 g/mol. The van der Waals surface area contributed by atoms with Gasteiger partial charge in [0.25, 0.3) is 5.56 Å². The van der Waals surface area contributed by atoms with E-state index in [1.54, 1.807) is 6.92 Å². The number of thiophene rings is 1. The molecule has 1 saturated carbocycles. The fourth-order valence-corrected chi connectivity index (χ4v) is 6.32. The van der Waals surface area contributed by atoms with E-state index >= 15 is 0 Å². The molecule has 3 heterocycles. The summed E-state index contributed by atoms with van der Waals surface area (Å²) in [7, 11) is 0. The fourth-order valence-electron chi connectivity index (χ4n) is 5.06. The number of aryl methyl sites for hydroxylation is 3. The normalized spacial score (nSPS) is 13.8. The number of hydrogen-bond acceptors (Lipinski definition) is 8. The average Bonchev–Trinajstić information content (AvgIpc) is 3.58. The van der Waals surface area contributed by atoms with Crippen molar-refractivity contribution >= 4 is 27.5 Å². The summed E-state index contributed by atoms with van der Waals surface area (Å²) in [6.07, 6.45) is 9.28. The summed E-state index contributed by atoms with van der Waals surface area (Å²) in [5.74, 6) is -0.227. The number of fused-ring (bicyclic) bond motifs is 1. The van der Waals surface area contributed by atoms with Crippen LogP contribution in [0.5, 0.6) is 5.75 Å². The van der Waals surface area contributed by atoms with E-state index in [0.29, 0.717) is 33.3 Å². The van der Waals surface area contributed by atoms with Crippen molar-refractivity contribution in [3.8, 4) is 16.5 Å². The number of hydrogen-bond donors (Lipinski definition) is 2. The minimum atomic E-state index is -1.75. The van der Waals surface area contributed by atoms with E-state index < -0.39 is 22.8 Å². The van der Waals surface area contributed by atoms with Crippen LogP contribution in [0.4, 0.5) is 0 Å². The highest BCUT2D eigenvalue weighted by atomic mass is 32.1. The third-order valence-electron chi connectivity index (χ3n) is 7.44. The van der Waals surface area contributed by atoms with Crippen LogP contribution in [0.1, 0.15) is 78.4 Å². The van der Waals surface area contributed by atoms with Crippen LogP contribution in [0.3, 0.4) is 0 Å². The predicted octanol–water partition coefficient (Wildman–Crippen LogP) is 5.99. The molecule has 10 nitrogen and oxygen atoms in total. The zero-order chi connectivity index (χ0) is 30.6. The van der Waals surface area contributed by atoms with Gasteiger partial charge in [-0.2, -0.15) is 0 Å². The molecule has 4 aromatic rings. The zero-order valence-electron chi connectivity index (χ0n) is 24.8. The quantitative estimate of drug-likeness (QED) is 0.247. The highest BCUT2D eigenvalue weighted by molar-refractivity contribution is 7.22. The Labute approximate surface area is 255 Å². The number of aromatic nitrogens is 3. The summed E-state index contributed by atoms with van der Waals surface area (Å²) >= 11 is 1.23. The molecule has 0 atom stereocenters. The molecule has 43 heavy (non-hydrogen) atoms. The van der Waals surface area contributed by atoms with Crippen LogP contribution < -0.4 is 16.0 Å². The number of benzene rings is 1. The second kappa shape index (κ2) is 14.2. The van der Waals surface area contributed by atoms with E-state index in [9.17, 15) is 19.5 Å². The number of carboxylic acid groups (broad SMARTS) is 1. The summed E-state index contributed by atoms with van der Waals surface area (Å²) in [4.78, 5) is 44.5. The van der Waals surface area contributed by atoms with Crippen molar-refractivity contribution in [1.82, 2.24) is 14.1 Å². The molecule has 11 heteroatoms. The molecule has 1 aromatic carbocycles. The summed E-state index contributed by atoms with van der Waals surface area (Å²) in [5.41, 5.74) is -1.59. The number of aliphatic hydroxyl groups excluding tert-OH is 1. The maximum Gasteiger partial charge on any atom is 0.333 e. The van der Waals surface area contributed by atoms with Crippen molar-refractivity contribution in [3.63, 3.8) is 0 Å². The van der Waals surface area contributed by atoms with Crippen LogP contribution in [-0.2, 0) is 23.3 Å². The van der Waals surface area contributed by atoms with Crippen molar-refractivity contribution in [1.29, 1.82) is 0 Å². The summed E-state index contributed by atoms with van der Waals surface area (Å²) < 4.78 is 13.7. The van der Waals surface area contributed by atoms with Gasteiger partial charge in [-0.15, -0.1) is 11.3 Å². The Balaban J connectivity index is 0.000000556. The van der Waals surface area contributed by atoms with Gasteiger partial charge in [0.05, 0.1) is 28.7 Å². The molecule has 0 amide bonds. The standard InChI is InChI=1S/C25H27N3O6S.C6H12O.CH4/c1-14(2)34-17-9-7-6-8-16(17)10-12-27-22-18(15(3)19(35-22)20-26-11-13-33-20)21(29)28(24(27)32)25(4,5)23(30)31;7-6-4-2-1-3-5-6;/h6-9,11,13-14H,10,12H2,1-5H3,(H,30,31);6-7H,1-5H2;1H4. The number of rotatable bonds is 8. The van der Waals surface area contributed by atoms with Crippen molar-refractivity contribution in [2.24, 2.45) is 0 Å². The first kappa shape index (κ1) is 33.8. The molecule has 0 unspecified atom stereocenters. The van der Waals surface area contributed by atoms with Gasteiger partial charge in [-0.3, -0.25) is 9.36 Å². The van der Waals surface area contributed by atoms with Gasteiger partial charge in [0, 0.05) is 6.54 Å². The van der Waals surface area contributed by atoms with E-state index in [1.807, 2.05) is 38.1 Å². The topological polar surface area (TPSA) is 137 Å². The maximum absolute atomic E-state index is 13.6. The summed E-state index contributed by atoms with van der Waals surface area (Å²) in [6, 6.07) is 7.57. The summed E-state index contributed by atoms with van der Waals surface area (Å²) in [5, 5.41) is 19.0. The predicted molar refractivity (Wildman–Crippen MR) is 169 cm³/mol. The Hall–Kier alpha value is -3.70. The van der Waals surface area contributed by atoms with Crippen LogP contribution >= 0.6 is 11.3 Å². The Morgan fingerprint density at radius 1 is 1.19 bits per heavy atom. The van der Waals surface area contributed by atoms with E-state index in [2.05, 4.69) is 4.98 Å². The zero-order valence-corrected chi connectivity index (χ0v) is 25.6. The first-order valence-corrected chi connectivity index (χ1v) is 15.1. The van der Waals surface area contributed by atoms with Crippen molar-refractivity contribution in [2.45, 2.75) is 105 Å². The Morgan fingerprint density at radius 3 is 2.42 bits per heavy atom. The molecule has 3 aromatic heterocycles. The Bertz CT molecular complexity index is 1640. The summed E-state index contributed by atoms with van der Waals surface area (Å²) in [6.45, 7) is 8.53. The van der Waals surface area contributed by atoms with Gasteiger partial charge in [0.15, 0.2) is 0 Å². The number of nitrogens with zero attached hydrogens (tertiary/aromatic N) is 3. The number of para-hydroxylation sites is 1.